The van der Waals surface area contributed by atoms with Gasteiger partial charge in [0.05, 0.1) is 6.04 Å². The van der Waals surface area contributed by atoms with Crippen molar-refractivity contribution in [3.8, 4) is 5.75 Å². The second kappa shape index (κ2) is 7.77. The zero-order valence-electron chi connectivity index (χ0n) is 14.0. The van der Waals surface area contributed by atoms with E-state index in [4.69, 9.17) is 0 Å². The van der Waals surface area contributed by atoms with Gasteiger partial charge in [0.1, 0.15) is 5.75 Å². The fourth-order valence-corrected chi connectivity index (χ4v) is 3.14. The Kier molecular flexibility index (Phi) is 5.61. The maximum Gasteiger partial charge on any atom is 0.573 e. The molecule has 1 aliphatic rings. The fourth-order valence-electron chi connectivity index (χ4n) is 3.14. The Morgan fingerprint density at radius 1 is 0.889 bits per heavy atom. The third-order valence-electron chi connectivity index (χ3n) is 4.27. The third kappa shape index (κ3) is 4.72. The number of benzene rings is 2. The Bertz CT molecular complexity index is 764. The quantitative estimate of drug-likeness (QED) is 0.631. The normalized spacial score (nSPS) is 17.0. The van der Waals surface area contributed by atoms with Crippen molar-refractivity contribution in [2.75, 3.05) is 26.2 Å². The van der Waals surface area contributed by atoms with E-state index in [1.165, 1.54) is 12.1 Å². The van der Waals surface area contributed by atoms with Gasteiger partial charge < -0.3 is 10.1 Å². The average Bonchev–Trinajstić information content (AvgIpc) is 2.61. The maximum atomic E-state index is 13.7. The number of hydrogen-bond donors (Lipinski definition) is 1. The van der Waals surface area contributed by atoms with E-state index in [2.05, 4.69) is 10.1 Å². The lowest BCUT2D eigenvalue weighted by atomic mass is 9.96. The summed E-state index contributed by atoms with van der Waals surface area (Å²) in [6.45, 7) is 2.37. The molecule has 146 valence electrons. The number of ether oxygens (including phenoxy) is 1. The first-order chi connectivity index (χ1) is 12.7. The molecule has 2 aromatic carbocycles. The van der Waals surface area contributed by atoms with Crippen LogP contribution in [-0.2, 0) is 0 Å². The molecule has 27 heavy (non-hydrogen) atoms. The summed E-state index contributed by atoms with van der Waals surface area (Å²) in [5.41, 5.74) is 0.689. The second-order valence-corrected chi connectivity index (χ2v) is 6.10. The van der Waals surface area contributed by atoms with Gasteiger partial charge in [0.15, 0.2) is 17.5 Å². The van der Waals surface area contributed by atoms with Crippen molar-refractivity contribution in [1.82, 2.24) is 10.2 Å². The molecule has 1 saturated heterocycles. The monoisotopic (exact) mass is 390 g/mol. The van der Waals surface area contributed by atoms with Crippen LogP contribution in [0.2, 0.25) is 0 Å². The van der Waals surface area contributed by atoms with E-state index in [-0.39, 0.29) is 5.56 Å². The van der Waals surface area contributed by atoms with E-state index in [0.29, 0.717) is 31.7 Å². The van der Waals surface area contributed by atoms with Gasteiger partial charge in [0, 0.05) is 26.2 Å². The van der Waals surface area contributed by atoms with Crippen LogP contribution in [0.15, 0.2) is 36.4 Å². The summed E-state index contributed by atoms with van der Waals surface area (Å²) >= 11 is 0. The SMILES string of the molecule is Fc1cc([C@H](c2ccc(OC(F)(F)F)cc2)N2CCNCC2)cc(F)c1F. The van der Waals surface area contributed by atoms with Gasteiger partial charge in [-0.2, -0.15) is 0 Å². The molecule has 1 fully saturated rings. The fraction of sp³-hybridized carbons (Fsp3) is 0.333. The number of nitrogens with one attached hydrogen (secondary N) is 1. The zero-order valence-corrected chi connectivity index (χ0v) is 14.0. The molecule has 1 atom stereocenters. The summed E-state index contributed by atoms with van der Waals surface area (Å²) < 4.78 is 81.6. The van der Waals surface area contributed by atoms with Crippen molar-refractivity contribution in [1.29, 1.82) is 0 Å². The number of alkyl halides is 3. The van der Waals surface area contributed by atoms with E-state index in [1.807, 2.05) is 4.90 Å². The standard InChI is InChI=1S/C18H16F6N2O/c19-14-9-12(10-15(20)16(14)21)17(26-7-5-25-6-8-26)11-1-3-13(4-2-11)27-18(22,23)24/h1-4,9-10,17,25H,5-8H2/t17-/m0/s1. The molecule has 1 heterocycles. The van der Waals surface area contributed by atoms with Gasteiger partial charge in [0.25, 0.3) is 0 Å². The van der Waals surface area contributed by atoms with E-state index in [1.54, 1.807) is 0 Å². The molecular formula is C18H16F6N2O. The van der Waals surface area contributed by atoms with E-state index in [9.17, 15) is 26.3 Å². The Labute approximate surface area is 151 Å². The molecule has 2 aromatic rings. The van der Waals surface area contributed by atoms with Gasteiger partial charge in [-0.3, -0.25) is 4.90 Å². The molecule has 0 bridgehead atoms. The van der Waals surface area contributed by atoms with Crippen molar-refractivity contribution >= 4 is 0 Å². The van der Waals surface area contributed by atoms with Gasteiger partial charge in [-0.15, -0.1) is 13.2 Å². The molecule has 0 radical (unpaired) electrons. The summed E-state index contributed by atoms with van der Waals surface area (Å²) in [6, 6.07) is 6.23. The largest absolute Gasteiger partial charge is 0.573 e. The summed E-state index contributed by atoms with van der Waals surface area (Å²) in [4.78, 5) is 1.92. The number of nitrogens with zero attached hydrogens (tertiary/aromatic N) is 1. The highest BCUT2D eigenvalue weighted by Crippen LogP contribution is 2.32. The summed E-state index contributed by atoms with van der Waals surface area (Å²) in [7, 11) is 0. The topological polar surface area (TPSA) is 24.5 Å². The van der Waals surface area contributed by atoms with Crippen LogP contribution in [0.4, 0.5) is 26.3 Å². The molecule has 3 rings (SSSR count). The third-order valence-corrected chi connectivity index (χ3v) is 4.27. The van der Waals surface area contributed by atoms with Crippen LogP contribution < -0.4 is 10.1 Å². The number of hydrogen-bond acceptors (Lipinski definition) is 3. The van der Waals surface area contributed by atoms with Gasteiger partial charge in [-0.1, -0.05) is 12.1 Å². The molecule has 0 saturated carbocycles. The summed E-state index contributed by atoms with van der Waals surface area (Å²) in [6.07, 6.45) is -4.82. The first kappa shape index (κ1) is 19.5. The Hall–Kier alpha value is -2.26. The van der Waals surface area contributed by atoms with Crippen molar-refractivity contribution in [2.24, 2.45) is 0 Å². The second-order valence-electron chi connectivity index (χ2n) is 6.10. The smallest absolute Gasteiger partial charge is 0.406 e. The molecule has 0 amide bonds. The summed E-state index contributed by atoms with van der Waals surface area (Å²) in [5.74, 6) is -4.60. The van der Waals surface area contributed by atoms with E-state index < -0.39 is 35.6 Å². The van der Waals surface area contributed by atoms with Crippen molar-refractivity contribution < 1.29 is 31.1 Å². The average molecular weight is 390 g/mol. The predicted molar refractivity (Wildman–Crippen MR) is 85.7 cm³/mol. The molecule has 0 aromatic heterocycles. The van der Waals surface area contributed by atoms with Crippen molar-refractivity contribution in [3.63, 3.8) is 0 Å². The van der Waals surface area contributed by atoms with Crippen LogP contribution >= 0.6 is 0 Å². The van der Waals surface area contributed by atoms with Gasteiger partial charge in [-0.25, -0.2) is 13.2 Å². The van der Waals surface area contributed by atoms with Gasteiger partial charge in [0.2, 0.25) is 0 Å². The van der Waals surface area contributed by atoms with Crippen molar-refractivity contribution in [2.45, 2.75) is 12.4 Å². The first-order valence-corrected chi connectivity index (χ1v) is 8.19. The maximum absolute atomic E-state index is 13.7. The van der Waals surface area contributed by atoms with Gasteiger partial charge in [-0.05, 0) is 35.4 Å². The van der Waals surface area contributed by atoms with Crippen LogP contribution in [0.3, 0.4) is 0 Å². The molecule has 0 spiro atoms. The van der Waals surface area contributed by atoms with Crippen LogP contribution in [0.5, 0.6) is 5.75 Å². The zero-order chi connectivity index (χ0) is 19.6. The first-order valence-electron chi connectivity index (χ1n) is 8.19. The highest BCUT2D eigenvalue weighted by molar-refractivity contribution is 5.36. The Morgan fingerprint density at radius 2 is 1.44 bits per heavy atom. The van der Waals surface area contributed by atoms with Crippen LogP contribution in [-0.4, -0.2) is 37.4 Å². The highest BCUT2D eigenvalue weighted by atomic mass is 19.4. The van der Waals surface area contributed by atoms with E-state index >= 15 is 0 Å². The van der Waals surface area contributed by atoms with Crippen LogP contribution in [0.25, 0.3) is 0 Å². The predicted octanol–water partition coefficient (Wildman–Crippen LogP) is 4.00. The highest BCUT2D eigenvalue weighted by Gasteiger charge is 2.31. The molecule has 3 nitrogen and oxygen atoms in total. The minimum atomic E-state index is -4.82. The molecule has 1 aliphatic heterocycles. The molecule has 9 heteroatoms. The minimum Gasteiger partial charge on any atom is -0.406 e. The lowest BCUT2D eigenvalue weighted by Gasteiger charge is -2.35. The molecule has 0 aliphatic carbocycles. The Balaban J connectivity index is 1.97. The molecular weight excluding hydrogens is 374 g/mol. The van der Waals surface area contributed by atoms with Crippen molar-refractivity contribution in [3.05, 3.63) is 65.0 Å². The molecule has 0 unspecified atom stereocenters. The van der Waals surface area contributed by atoms with Crippen LogP contribution in [0.1, 0.15) is 17.2 Å². The minimum absolute atomic E-state index is 0.179. The number of halogens is 6. The van der Waals surface area contributed by atoms with Gasteiger partial charge >= 0.3 is 6.36 Å². The Morgan fingerprint density at radius 3 is 1.96 bits per heavy atom. The number of rotatable bonds is 4. The number of piperazine rings is 1. The van der Waals surface area contributed by atoms with Crippen LogP contribution in [0, 0.1) is 17.5 Å². The summed E-state index contributed by atoms with van der Waals surface area (Å²) in [5, 5.41) is 3.14. The molecule has 1 N–H and O–H groups in total. The van der Waals surface area contributed by atoms with E-state index in [0.717, 1.165) is 24.3 Å². The lowest BCUT2D eigenvalue weighted by molar-refractivity contribution is -0.274. The lowest BCUT2D eigenvalue weighted by Crippen LogP contribution is -2.45.